The standard InChI is InChI=1S/C21H22N2O2S/c1-2-14-9-10-17(22-12-14)20(23-11-5-7-18(23)21(24)25)16-13-26-19-8-4-3-6-15(16)19/h3-4,6,8-10,12-13,18,20H,2,5,7,11H2,1H3,(H,24,25). The predicted octanol–water partition coefficient (Wildman–Crippen LogP) is 4.50. The minimum absolute atomic E-state index is 0.124. The van der Waals surface area contributed by atoms with E-state index < -0.39 is 12.0 Å². The molecule has 2 atom stereocenters. The molecule has 0 amide bonds. The highest BCUT2D eigenvalue weighted by molar-refractivity contribution is 7.17. The molecule has 0 spiro atoms. The lowest BCUT2D eigenvalue weighted by Crippen LogP contribution is -2.39. The summed E-state index contributed by atoms with van der Waals surface area (Å²) >= 11 is 1.71. The van der Waals surface area contributed by atoms with Crippen molar-refractivity contribution in [2.24, 2.45) is 0 Å². The Morgan fingerprint density at radius 1 is 1.35 bits per heavy atom. The van der Waals surface area contributed by atoms with Crippen molar-refractivity contribution in [2.45, 2.75) is 38.3 Å². The van der Waals surface area contributed by atoms with Gasteiger partial charge in [-0.2, -0.15) is 0 Å². The normalized spacial score (nSPS) is 19.0. The fourth-order valence-electron chi connectivity index (χ4n) is 3.89. The van der Waals surface area contributed by atoms with E-state index in [1.165, 1.54) is 15.6 Å². The van der Waals surface area contributed by atoms with Crippen LogP contribution in [0.3, 0.4) is 0 Å². The summed E-state index contributed by atoms with van der Waals surface area (Å²) in [6.45, 7) is 2.89. The van der Waals surface area contributed by atoms with Gasteiger partial charge in [0.25, 0.3) is 0 Å². The van der Waals surface area contributed by atoms with Crippen molar-refractivity contribution in [1.29, 1.82) is 0 Å². The van der Waals surface area contributed by atoms with Crippen molar-refractivity contribution in [3.8, 4) is 0 Å². The van der Waals surface area contributed by atoms with Gasteiger partial charge < -0.3 is 5.11 Å². The molecule has 4 nitrogen and oxygen atoms in total. The van der Waals surface area contributed by atoms with Crippen LogP contribution < -0.4 is 0 Å². The number of pyridine rings is 1. The Morgan fingerprint density at radius 2 is 2.19 bits per heavy atom. The number of hydrogen-bond donors (Lipinski definition) is 1. The first-order valence-electron chi connectivity index (χ1n) is 9.08. The number of carboxylic acids is 1. The first-order valence-corrected chi connectivity index (χ1v) is 9.96. The van der Waals surface area contributed by atoms with Gasteiger partial charge in [-0.3, -0.25) is 14.7 Å². The molecule has 1 aliphatic rings. The van der Waals surface area contributed by atoms with E-state index in [0.29, 0.717) is 6.42 Å². The highest BCUT2D eigenvalue weighted by atomic mass is 32.1. The third-order valence-corrected chi connectivity index (χ3v) is 6.23. The van der Waals surface area contributed by atoms with Crippen molar-refractivity contribution in [1.82, 2.24) is 9.88 Å². The summed E-state index contributed by atoms with van der Waals surface area (Å²) in [5.41, 5.74) is 3.29. The molecule has 3 heterocycles. The Labute approximate surface area is 157 Å². The summed E-state index contributed by atoms with van der Waals surface area (Å²) in [5, 5.41) is 13.1. The Balaban J connectivity index is 1.84. The molecule has 5 heteroatoms. The van der Waals surface area contributed by atoms with Gasteiger partial charge in [-0.15, -0.1) is 11.3 Å². The number of likely N-dealkylation sites (tertiary alicyclic amines) is 1. The molecule has 2 aromatic heterocycles. The third kappa shape index (κ3) is 3.02. The first-order chi connectivity index (χ1) is 12.7. The maximum atomic E-state index is 11.8. The number of rotatable bonds is 5. The fourth-order valence-corrected chi connectivity index (χ4v) is 4.87. The van der Waals surface area contributed by atoms with Gasteiger partial charge in [0.2, 0.25) is 0 Å². The molecule has 0 radical (unpaired) electrons. The Hall–Kier alpha value is -2.24. The summed E-state index contributed by atoms with van der Waals surface area (Å²) in [4.78, 5) is 18.7. The van der Waals surface area contributed by atoms with Crippen LogP contribution >= 0.6 is 11.3 Å². The zero-order valence-corrected chi connectivity index (χ0v) is 15.6. The summed E-state index contributed by atoms with van der Waals surface area (Å²) in [5.74, 6) is -0.739. The molecule has 4 rings (SSSR count). The van der Waals surface area contributed by atoms with Crippen LogP contribution in [0.4, 0.5) is 0 Å². The Kier molecular flexibility index (Phi) is 4.74. The molecule has 0 aliphatic carbocycles. The topological polar surface area (TPSA) is 53.4 Å². The first kappa shape index (κ1) is 17.2. The molecule has 1 saturated heterocycles. The zero-order valence-electron chi connectivity index (χ0n) is 14.8. The second kappa shape index (κ2) is 7.17. The largest absolute Gasteiger partial charge is 0.480 e. The molecule has 1 N–H and O–H groups in total. The maximum Gasteiger partial charge on any atom is 0.320 e. The molecule has 0 bridgehead atoms. The molecule has 1 fully saturated rings. The average Bonchev–Trinajstić information content (AvgIpc) is 3.31. The molecule has 26 heavy (non-hydrogen) atoms. The third-order valence-electron chi connectivity index (χ3n) is 5.25. The van der Waals surface area contributed by atoms with Gasteiger partial charge in [0, 0.05) is 17.4 Å². The van der Waals surface area contributed by atoms with Crippen LogP contribution in [-0.4, -0.2) is 33.5 Å². The SMILES string of the molecule is CCc1ccc(C(c2csc3ccccc23)N2CCCC2C(=O)O)nc1. The smallest absolute Gasteiger partial charge is 0.320 e. The monoisotopic (exact) mass is 366 g/mol. The predicted molar refractivity (Wildman–Crippen MR) is 105 cm³/mol. The summed E-state index contributed by atoms with van der Waals surface area (Å²) in [6, 6.07) is 11.9. The average molecular weight is 366 g/mol. The summed E-state index contributed by atoms with van der Waals surface area (Å²) in [7, 11) is 0. The quantitative estimate of drug-likeness (QED) is 0.722. The van der Waals surface area contributed by atoms with Gasteiger partial charge in [0.15, 0.2) is 0 Å². The van der Waals surface area contributed by atoms with E-state index in [1.54, 1.807) is 11.3 Å². The van der Waals surface area contributed by atoms with Crippen LogP contribution in [-0.2, 0) is 11.2 Å². The minimum atomic E-state index is -0.739. The van der Waals surface area contributed by atoms with E-state index >= 15 is 0 Å². The molecular formula is C21H22N2O2S. The van der Waals surface area contributed by atoms with Crippen LogP contribution in [0.5, 0.6) is 0 Å². The van der Waals surface area contributed by atoms with Crippen LogP contribution in [0.15, 0.2) is 48.0 Å². The van der Waals surface area contributed by atoms with E-state index in [9.17, 15) is 9.90 Å². The number of fused-ring (bicyclic) bond motifs is 1. The van der Waals surface area contributed by atoms with Crippen molar-refractivity contribution in [2.75, 3.05) is 6.54 Å². The minimum Gasteiger partial charge on any atom is -0.480 e. The second-order valence-electron chi connectivity index (χ2n) is 6.77. The zero-order chi connectivity index (χ0) is 18.1. The number of aryl methyl sites for hydroxylation is 1. The number of aliphatic carboxylic acids is 1. The van der Waals surface area contributed by atoms with Crippen LogP contribution in [0.2, 0.25) is 0 Å². The molecule has 1 aromatic carbocycles. The number of thiophene rings is 1. The molecule has 3 aromatic rings. The van der Waals surface area contributed by atoms with Gasteiger partial charge >= 0.3 is 5.97 Å². The van der Waals surface area contributed by atoms with Crippen molar-refractivity contribution in [3.05, 3.63) is 64.8 Å². The fraction of sp³-hybridized carbons (Fsp3) is 0.333. The van der Waals surface area contributed by atoms with E-state index in [2.05, 4.69) is 41.5 Å². The van der Waals surface area contributed by atoms with Gasteiger partial charge in [-0.1, -0.05) is 31.2 Å². The van der Waals surface area contributed by atoms with E-state index in [0.717, 1.165) is 30.6 Å². The molecule has 134 valence electrons. The lowest BCUT2D eigenvalue weighted by Gasteiger charge is -2.31. The Bertz CT molecular complexity index is 919. The number of carbonyl (C=O) groups is 1. The number of nitrogens with zero attached hydrogens (tertiary/aromatic N) is 2. The summed E-state index contributed by atoms with van der Waals surface area (Å²) < 4.78 is 1.23. The molecular weight excluding hydrogens is 344 g/mol. The van der Waals surface area contributed by atoms with Crippen LogP contribution in [0.25, 0.3) is 10.1 Å². The highest BCUT2D eigenvalue weighted by Crippen LogP contribution is 2.39. The van der Waals surface area contributed by atoms with Crippen molar-refractivity contribution in [3.63, 3.8) is 0 Å². The van der Waals surface area contributed by atoms with Gasteiger partial charge in [0.1, 0.15) is 6.04 Å². The van der Waals surface area contributed by atoms with E-state index in [-0.39, 0.29) is 6.04 Å². The van der Waals surface area contributed by atoms with Crippen LogP contribution in [0.1, 0.15) is 42.6 Å². The van der Waals surface area contributed by atoms with Crippen molar-refractivity contribution >= 4 is 27.4 Å². The lowest BCUT2D eigenvalue weighted by molar-refractivity contribution is -0.142. The summed E-state index contributed by atoms with van der Waals surface area (Å²) in [6.07, 6.45) is 4.47. The van der Waals surface area contributed by atoms with E-state index in [1.807, 2.05) is 18.3 Å². The van der Waals surface area contributed by atoms with Gasteiger partial charge in [-0.25, -0.2) is 0 Å². The van der Waals surface area contributed by atoms with Gasteiger partial charge in [-0.05, 0) is 53.3 Å². The van der Waals surface area contributed by atoms with Crippen molar-refractivity contribution < 1.29 is 9.90 Å². The van der Waals surface area contributed by atoms with E-state index in [4.69, 9.17) is 4.98 Å². The molecule has 1 aliphatic heterocycles. The second-order valence-corrected chi connectivity index (χ2v) is 7.68. The number of hydrogen-bond acceptors (Lipinski definition) is 4. The molecule has 0 saturated carbocycles. The molecule has 2 unspecified atom stereocenters. The number of aromatic nitrogens is 1. The maximum absolute atomic E-state index is 11.8. The van der Waals surface area contributed by atoms with Crippen LogP contribution in [0, 0.1) is 0 Å². The number of carboxylic acid groups (broad SMARTS) is 1. The van der Waals surface area contributed by atoms with Gasteiger partial charge in [0.05, 0.1) is 11.7 Å². The number of benzene rings is 1. The lowest BCUT2D eigenvalue weighted by atomic mass is 9.99. The Morgan fingerprint density at radius 3 is 2.92 bits per heavy atom. The highest BCUT2D eigenvalue weighted by Gasteiger charge is 2.38.